The monoisotopic (exact) mass is 477 g/mol. The molecule has 4 rings (SSSR count). The summed E-state index contributed by atoms with van der Waals surface area (Å²) in [5.41, 5.74) is 0.195. The van der Waals surface area contributed by atoms with Gasteiger partial charge in [0.25, 0.3) is 0 Å². The summed E-state index contributed by atoms with van der Waals surface area (Å²) in [6.45, 7) is 6.31. The lowest BCUT2D eigenvalue weighted by Gasteiger charge is -2.35. The van der Waals surface area contributed by atoms with E-state index in [9.17, 15) is 28.7 Å². The molecule has 0 spiro atoms. The largest absolute Gasteiger partial charge is 0.481 e. The van der Waals surface area contributed by atoms with Crippen LogP contribution in [0.5, 0.6) is 0 Å². The van der Waals surface area contributed by atoms with E-state index >= 15 is 0 Å². The van der Waals surface area contributed by atoms with Crippen LogP contribution in [0.2, 0.25) is 0 Å². The van der Waals surface area contributed by atoms with Crippen LogP contribution in [0.15, 0.2) is 23.1 Å². The predicted molar refractivity (Wildman–Crippen MR) is 122 cm³/mol. The molecule has 184 valence electrons. The normalized spacial score (nSPS) is 16.1. The molecule has 1 aromatic heterocycles. The first-order chi connectivity index (χ1) is 16.1. The molecule has 1 saturated carbocycles. The second-order valence-corrected chi connectivity index (χ2v) is 8.35. The minimum atomic E-state index is -1.27. The van der Waals surface area contributed by atoms with Crippen molar-refractivity contribution >= 4 is 34.5 Å². The minimum Gasteiger partial charge on any atom is -0.481 e. The van der Waals surface area contributed by atoms with Gasteiger partial charge in [0, 0.05) is 43.8 Å². The van der Waals surface area contributed by atoms with Gasteiger partial charge in [-0.05, 0) is 31.5 Å². The summed E-state index contributed by atoms with van der Waals surface area (Å²) in [5.74, 6) is -3.89. The second kappa shape index (κ2) is 10.6. The summed E-state index contributed by atoms with van der Waals surface area (Å²) in [7, 11) is 0. The summed E-state index contributed by atoms with van der Waals surface area (Å²) >= 11 is 0. The van der Waals surface area contributed by atoms with Crippen molar-refractivity contribution in [3.8, 4) is 0 Å². The molecule has 1 aromatic carbocycles. The van der Waals surface area contributed by atoms with Crippen LogP contribution in [0.4, 0.5) is 10.1 Å². The third-order valence-corrected chi connectivity index (χ3v) is 5.98. The van der Waals surface area contributed by atoms with Gasteiger partial charge in [0.1, 0.15) is 11.4 Å². The molecule has 2 aliphatic rings. The van der Waals surface area contributed by atoms with Crippen molar-refractivity contribution in [2.75, 3.05) is 37.6 Å². The van der Waals surface area contributed by atoms with Gasteiger partial charge >= 0.3 is 17.9 Å². The number of rotatable bonds is 7. The number of piperazine rings is 1. The third-order valence-electron chi connectivity index (χ3n) is 5.98. The van der Waals surface area contributed by atoms with Crippen molar-refractivity contribution < 1.29 is 34.1 Å². The first kappa shape index (κ1) is 25.2. The summed E-state index contributed by atoms with van der Waals surface area (Å²) in [5, 5.41) is 25.2. The number of pyridine rings is 1. The highest BCUT2D eigenvalue weighted by atomic mass is 19.1. The molecule has 11 heteroatoms. The molecular weight excluding hydrogens is 449 g/mol. The Labute approximate surface area is 194 Å². The Hall–Kier alpha value is -3.47. The molecule has 2 fully saturated rings. The van der Waals surface area contributed by atoms with E-state index in [1.807, 2.05) is 9.47 Å². The fourth-order valence-electron chi connectivity index (χ4n) is 3.93. The molecular formula is C23H28FN3O7. The Morgan fingerprint density at radius 3 is 2.06 bits per heavy atom. The van der Waals surface area contributed by atoms with Crippen LogP contribution in [-0.2, 0) is 9.59 Å². The lowest BCUT2D eigenvalue weighted by Crippen LogP contribution is -2.46. The number of aromatic nitrogens is 1. The van der Waals surface area contributed by atoms with Gasteiger partial charge in [-0.3, -0.25) is 14.4 Å². The van der Waals surface area contributed by atoms with E-state index < -0.39 is 29.2 Å². The van der Waals surface area contributed by atoms with Crippen molar-refractivity contribution in [2.24, 2.45) is 0 Å². The maximum Gasteiger partial charge on any atom is 0.341 e. The smallest absolute Gasteiger partial charge is 0.341 e. The highest BCUT2D eigenvalue weighted by Gasteiger charge is 2.28. The second-order valence-electron chi connectivity index (χ2n) is 8.35. The number of aliphatic carboxylic acids is 2. The molecule has 34 heavy (non-hydrogen) atoms. The highest BCUT2D eigenvalue weighted by Crippen LogP contribution is 2.38. The molecule has 1 aliphatic carbocycles. The van der Waals surface area contributed by atoms with Gasteiger partial charge in [-0.15, -0.1) is 0 Å². The van der Waals surface area contributed by atoms with E-state index in [1.54, 1.807) is 6.07 Å². The van der Waals surface area contributed by atoms with Gasteiger partial charge in [-0.1, -0.05) is 6.92 Å². The molecule has 0 atom stereocenters. The Kier molecular flexibility index (Phi) is 7.87. The van der Waals surface area contributed by atoms with Crippen LogP contribution in [0.1, 0.15) is 49.0 Å². The number of halogens is 1. The molecule has 3 N–H and O–H groups in total. The number of carbonyl (C=O) groups is 3. The Morgan fingerprint density at radius 2 is 1.59 bits per heavy atom. The van der Waals surface area contributed by atoms with E-state index in [2.05, 4.69) is 11.8 Å². The standard InChI is InChI=1S/C19H22FN3O3.C4H6O4/c1-2-21-5-7-22(8-6-21)17-10-16-13(9-15(17)20)18(24)14(19(25)26)11-23(16)12-3-4-12;5-3(6)1-2-4(7)8/h9-12H,2-8H2,1H3,(H,25,26);1-2H2,(H,5,6)(H,7,8). The maximum absolute atomic E-state index is 14.8. The molecule has 1 aliphatic heterocycles. The summed E-state index contributed by atoms with van der Waals surface area (Å²) in [6, 6.07) is 3.12. The van der Waals surface area contributed by atoms with Gasteiger partial charge in [0.15, 0.2) is 0 Å². The van der Waals surface area contributed by atoms with Gasteiger partial charge < -0.3 is 29.7 Å². The fourth-order valence-corrected chi connectivity index (χ4v) is 3.93. The quantitative estimate of drug-likeness (QED) is 0.548. The number of anilines is 1. The fraction of sp³-hybridized carbons (Fsp3) is 0.478. The van der Waals surface area contributed by atoms with Crippen molar-refractivity contribution in [1.29, 1.82) is 0 Å². The van der Waals surface area contributed by atoms with E-state index in [-0.39, 0.29) is 29.8 Å². The topological polar surface area (TPSA) is 140 Å². The zero-order valence-electron chi connectivity index (χ0n) is 18.9. The third kappa shape index (κ3) is 5.90. The number of likely N-dealkylation sites (N-methyl/N-ethyl adjacent to an activating group) is 1. The van der Waals surface area contributed by atoms with Crippen molar-refractivity contribution in [3.63, 3.8) is 0 Å². The Bertz CT molecular complexity index is 1140. The zero-order chi connectivity index (χ0) is 25.0. The van der Waals surface area contributed by atoms with Gasteiger partial charge in [-0.25, -0.2) is 9.18 Å². The van der Waals surface area contributed by atoms with E-state index in [1.165, 1.54) is 12.3 Å². The first-order valence-electron chi connectivity index (χ1n) is 11.1. The van der Waals surface area contributed by atoms with E-state index in [0.29, 0.717) is 11.2 Å². The van der Waals surface area contributed by atoms with Crippen LogP contribution >= 0.6 is 0 Å². The molecule has 1 saturated heterocycles. The highest BCUT2D eigenvalue weighted by molar-refractivity contribution is 5.93. The number of nitrogens with zero attached hydrogens (tertiary/aromatic N) is 3. The Morgan fingerprint density at radius 1 is 1.00 bits per heavy atom. The van der Waals surface area contributed by atoms with Crippen molar-refractivity contribution in [3.05, 3.63) is 39.9 Å². The lowest BCUT2D eigenvalue weighted by atomic mass is 10.1. The van der Waals surface area contributed by atoms with Gasteiger partial charge in [-0.2, -0.15) is 0 Å². The van der Waals surface area contributed by atoms with Crippen LogP contribution in [0, 0.1) is 5.82 Å². The van der Waals surface area contributed by atoms with Crippen LogP contribution in [0.25, 0.3) is 10.9 Å². The van der Waals surface area contributed by atoms with Crippen LogP contribution in [-0.4, -0.2) is 75.4 Å². The predicted octanol–water partition coefficient (Wildman–Crippen LogP) is 2.25. The van der Waals surface area contributed by atoms with Crippen LogP contribution < -0.4 is 10.3 Å². The van der Waals surface area contributed by atoms with Gasteiger partial charge in [0.05, 0.1) is 24.0 Å². The number of fused-ring (bicyclic) bond motifs is 1. The number of hydrogen-bond acceptors (Lipinski definition) is 6. The number of benzene rings is 1. The van der Waals surface area contributed by atoms with Crippen molar-refractivity contribution in [2.45, 2.75) is 38.6 Å². The molecule has 10 nitrogen and oxygen atoms in total. The minimum absolute atomic E-state index is 0.144. The molecule has 0 unspecified atom stereocenters. The molecule has 0 amide bonds. The molecule has 0 radical (unpaired) electrons. The number of carboxylic acids is 3. The molecule has 0 bridgehead atoms. The van der Waals surface area contributed by atoms with Crippen molar-refractivity contribution in [1.82, 2.24) is 9.47 Å². The van der Waals surface area contributed by atoms with Gasteiger partial charge in [0.2, 0.25) is 5.43 Å². The number of aromatic carboxylic acids is 1. The summed E-state index contributed by atoms with van der Waals surface area (Å²) in [6.07, 6.45) is 2.71. The zero-order valence-corrected chi connectivity index (χ0v) is 18.9. The summed E-state index contributed by atoms with van der Waals surface area (Å²) < 4.78 is 16.6. The average Bonchev–Trinajstić information content (AvgIpc) is 3.63. The van der Waals surface area contributed by atoms with E-state index in [4.69, 9.17) is 10.2 Å². The van der Waals surface area contributed by atoms with E-state index in [0.717, 1.165) is 45.6 Å². The summed E-state index contributed by atoms with van der Waals surface area (Å²) in [4.78, 5) is 47.5. The number of hydrogen-bond donors (Lipinski definition) is 3. The van der Waals surface area contributed by atoms with Crippen LogP contribution in [0.3, 0.4) is 0 Å². The number of carboxylic acid groups (broad SMARTS) is 3. The average molecular weight is 477 g/mol. The maximum atomic E-state index is 14.8. The lowest BCUT2D eigenvalue weighted by molar-refractivity contribution is -0.143. The first-order valence-corrected chi connectivity index (χ1v) is 11.1. The Balaban J connectivity index is 0.000000350. The molecule has 2 aromatic rings. The SMILES string of the molecule is CCN1CCN(c2cc3c(cc2F)c(=O)c(C(=O)O)cn3C2CC2)CC1.O=C(O)CCC(=O)O. The molecule has 2 heterocycles.